The van der Waals surface area contributed by atoms with Crippen molar-refractivity contribution in [3.05, 3.63) is 71.8 Å². The molecule has 3 saturated heterocycles. The van der Waals surface area contributed by atoms with Gasteiger partial charge in [-0.05, 0) is 56.0 Å². The summed E-state index contributed by atoms with van der Waals surface area (Å²) < 4.78 is 21.3. The number of nitrogens with one attached hydrogen (secondary N) is 2. The first-order valence-electron chi connectivity index (χ1n) is 19.9. The van der Waals surface area contributed by atoms with Crippen molar-refractivity contribution in [3.8, 4) is 0 Å². The van der Waals surface area contributed by atoms with Crippen LogP contribution in [0.2, 0.25) is 0 Å². The molecule has 11 atom stereocenters. The van der Waals surface area contributed by atoms with Gasteiger partial charge in [-0.1, -0.05) is 30.3 Å². The van der Waals surface area contributed by atoms with Crippen LogP contribution in [-0.4, -0.2) is 150 Å². The number of imide groups is 1. The molecule has 1 spiro atoms. The summed E-state index contributed by atoms with van der Waals surface area (Å²) in [4.78, 5) is 84.8. The Morgan fingerprint density at radius 1 is 0.953 bits per heavy atom. The number of aliphatic hydroxyl groups is 5. The van der Waals surface area contributed by atoms with Crippen molar-refractivity contribution in [1.29, 1.82) is 0 Å². The maximum absolute atomic E-state index is 14.5. The molecular weight excluding hydrogens is 886 g/mol. The number of aromatic nitrogens is 4. The second-order valence-electron chi connectivity index (χ2n) is 16.5. The molecule has 25 nitrogen and oxygen atoms in total. The fraction of sp³-hybridized carbons (Fsp3) is 0.486. The van der Waals surface area contributed by atoms with Crippen LogP contribution in [0.4, 0.5) is 22.0 Å². The predicted octanol–water partition coefficient (Wildman–Crippen LogP) is -1.81. The lowest BCUT2D eigenvalue weighted by Crippen LogP contribution is -2.83. The summed E-state index contributed by atoms with van der Waals surface area (Å²) in [7, 11) is -10.5. The SMILES string of the molecule is Cc1cc2c(cc1C)N1[C@@](C)(N)CC(c3ccccc3)[C@]13C(=O)NC(=O)N[C@H]3N2C[C@H](O)[C@H](O)[C@H](O)CO[P+](O)(O)O[P+](O)(O)OC[C@H]1O[C@@H](n2cnc3c(N)ncnc32)[C@H](O)[C@@H]1O. The van der Waals surface area contributed by atoms with Crippen LogP contribution in [0.1, 0.15) is 42.2 Å². The zero-order valence-electron chi connectivity index (χ0n) is 34.4. The van der Waals surface area contributed by atoms with E-state index in [4.69, 9.17) is 25.3 Å². The summed E-state index contributed by atoms with van der Waals surface area (Å²) in [5.41, 5.74) is 13.8. The molecule has 2 aromatic heterocycles. The monoisotopic (exact) mass is 936 g/mol. The molecule has 4 aromatic rings. The van der Waals surface area contributed by atoms with Crippen LogP contribution in [0, 0.1) is 13.8 Å². The van der Waals surface area contributed by atoms with Crippen LogP contribution in [0.15, 0.2) is 55.1 Å². The molecule has 8 rings (SSSR count). The lowest BCUT2D eigenvalue weighted by molar-refractivity contribution is -0.128. The Bertz CT molecular complexity index is 2420. The van der Waals surface area contributed by atoms with Crippen LogP contribution in [0.5, 0.6) is 0 Å². The Labute approximate surface area is 365 Å². The zero-order chi connectivity index (χ0) is 46.3. The van der Waals surface area contributed by atoms with Gasteiger partial charge in [0.15, 0.2) is 23.2 Å². The number of ether oxygens (including phenoxy) is 1. The number of rotatable bonds is 14. The van der Waals surface area contributed by atoms with Gasteiger partial charge in [-0.3, -0.25) is 14.7 Å². The van der Waals surface area contributed by atoms with E-state index in [1.165, 1.54) is 10.9 Å². The highest BCUT2D eigenvalue weighted by Gasteiger charge is 2.71. The van der Waals surface area contributed by atoms with E-state index in [9.17, 15) is 54.7 Å². The molecule has 4 aliphatic heterocycles. The first-order valence-corrected chi connectivity index (χ1v) is 22.9. The van der Waals surface area contributed by atoms with E-state index in [0.29, 0.717) is 11.4 Å². The van der Waals surface area contributed by atoms with Gasteiger partial charge in [0.1, 0.15) is 67.8 Å². The number of hydrogen-bond acceptors (Lipinski definition) is 22. The number of carbonyl (C=O) groups is 2. The maximum Gasteiger partial charge on any atom is 0.620 e. The number of nitrogens with zero attached hydrogens (tertiary/aromatic N) is 6. The number of benzene rings is 2. The second kappa shape index (κ2) is 16.8. The summed E-state index contributed by atoms with van der Waals surface area (Å²) >= 11 is 0. The quantitative estimate of drug-likeness (QED) is 0.0620. The van der Waals surface area contributed by atoms with Crippen molar-refractivity contribution in [3.63, 3.8) is 0 Å². The molecule has 1 unspecified atom stereocenters. The average molecular weight is 937 g/mol. The van der Waals surface area contributed by atoms with Crippen LogP contribution in [-0.2, 0) is 22.9 Å². The van der Waals surface area contributed by atoms with Gasteiger partial charge < -0.3 is 56.9 Å². The Balaban J connectivity index is 0.949. The Morgan fingerprint density at radius 2 is 1.62 bits per heavy atom. The zero-order valence-corrected chi connectivity index (χ0v) is 36.2. The summed E-state index contributed by atoms with van der Waals surface area (Å²) in [6.07, 6.45) is -10.6. The van der Waals surface area contributed by atoms with Crippen molar-refractivity contribution in [2.45, 2.75) is 93.3 Å². The van der Waals surface area contributed by atoms with Crippen LogP contribution < -0.4 is 31.9 Å². The first kappa shape index (κ1) is 46.2. The number of amides is 3. The van der Waals surface area contributed by atoms with Gasteiger partial charge in [-0.25, -0.2) is 19.7 Å². The second-order valence-corrected chi connectivity index (χ2v) is 19.6. The lowest BCUT2D eigenvalue weighted by atomic mass is 9.73. The predicted molar refractivity (Wildman–Crippen MR) is 225 cm³/mol. The topological polar surface area (TPSA) is 379 Å². The molecule has 15 N–H and O–H groups in total. The molecule has 0 radical (unpaired) electrons. The number of aliphatic hydroxyl groups excluding tert-OH is 5. The largest absolute Gasteiger partial charge is 0.620 e. The number of carbonyl (C=O) groups excluding carboxylic acids is 2. The molecule has 346 valence electrons. The molecule has 3 amide bonds. The van der Waals surface area contributed by atoms with Gasteiger partial charge in [0.25, 0.3) is 5.91 Å². The van der Waals surface area contributed by atoms with Crippen LogP contribution in [0.25, 0.3) is 11.2 Å². The minimum Gasteiger partial charge on any atom is -0.388 e. The molecular formula is C37H50N10O15P2+2. The van der Waals surface area contributed by atoms with Gasteiger partial charge >= 0.3 is 22.4 Å². The average Bonchev–Trinajstić information content (AvgIpc) is 3.87. The van der Waals surface area contributed by atoms with E-state index in [1.807, 2.05) is 50.2 Å². The standard InChI is InChI=1S/C37H48N10O15P2/c1-17-9-21-22(10-18(17)2)47-36(3,39)11-20(19-7-5-4-6-8-19)37(47)33(43-35(54)44-34(37)53)45(21)12-23(48)27(50)24(49)13-59-63(55,56)62-64(57,58)60-14-25-28(51)29(52)32(61-25)46-16-42-26-30(38)40-15-41-31(26)46/h4-10,15-16,20,23-25,27-29,32-33,48-52,55-58H,11-14,39H2,1-3H3,(H2-2,38,40,41,43,44,53,54)/p+2/t20?,23-,24+,25+,27-,28+,29+,32+,33-,36+,37-/m0/s1. The summed E-state index contributed by atoms with van der Waals surface area (Å²) in [6, 6.07) is 12.0. The molecule has 0 saturated carbocycles. The number of hydrogen-bond donors (Lipinski definition) is 13. The van der Waals surface area contributed by atoms with Gasteiger partial charge in [-0.15, -0.1) is 9.05 Å². The van der Waals surface area contributed by atoms with E-state index in [1.54, 1.807) is 22.8 Å². The van der Waals surface area contributed by atoms with Gasteiger partial charge in [0, 0.05) is 12.5 Å². The minimum atomic E-state index is -5.28. The summed E-state index contributed by atoms with van der Waals surface area (Å²) in [5, 5.41) is 60.3. The minimum absolute atomic E-state index is 0.0429. The fourth-order valence-electron chi connectivity index (χ4n) is 9.14. The normalized spacial score (nSPS) is 29.5. The fourth-order valence-corrected chi connectivity index (χ4v) is 11.3. The number of β-amino-alcohol motifs (C(OH)–C–C–N with tert-alkyl or cyclic N) is 1. The molecule has 0 aliphatic carbocycles. The number of urea groups is 1. The molecule has 0 bridgehead atoms. The number of imidazole rings is 1. The molecule has 27 heteroatoms. The van der Waals surface area contributed by atoms with Crippen molar-refractivity contribution in [2.24, 2.45) is 5.73 Å². The number of nitrogens with two attached hydrogens (primary N) is 2. The van der Waals surface area contributed by atoms with Gasteiger partial charge in [-0.2, -0.15) is 19.6 Å². The first-order chi connectivity index (χ1) is 30.1. The van der Waals surface area contributed by atoms with E-state index >= 15 is 0 Å². The number of anilines is 3. The molecule has 4 aliphatic rings. The van der Waals surface area contributed by atoms with E-state index in [-0.39, 0.29) is 23.4 Å². The third-order valence-electron chi connectivity index (χ3n) is 12.2. The van der Waals surface area contributed by atoms with Crippen LogP contribution in [0.3, 0.4) is 0 Å². The summed E-state index contributed by atoms with van der Waals surface area (Å²) in [5.74, 6) is -1.22. The Morgan fingerprint density at radius 3 is 2.33 bits per heavy atom. The van der Waals surface area contributed by atoms with Gasteiger partial charge in [0.05, 0.1) is 27.7 Å². The maximum atomic E-state index is 14.5. The highest BCUT2D eigenvalue weighted by atomic mass is 31.3. The number of aryl methyl sites for hydroxylation is 2. The van der Waals surface area contributed by atoms with E-state index < -0.39 is 114 Å². The third-order valence-corrected chi connectivity index (χ3v) is 14.8. The number of fused-ring (bicyclic) bond motifs is 3. The molecule has 64 heavy (non-hydrogen) atoms. The van der Waals surface area contributed by atoms with E-state index in [2.05, 4.69) is 29.9 Å². The Kier molecular flexibility index (Phi) is 12.1. The van der Waals surface area contributed by atoms with Crippen molar-refractivity contribution < 1.29 is 72.8 Å². The number of nitrogen functional groups attached to an aromatic ring is 1. The summed E-state index contributed by atoms with van der Waals surface area (Å²) in [6.45, 7) is 2.97. The van der Waals surface area contributed by atoms with Crippen molar-refractivity contribution in [1.82, 2.24) is 30.2 Å². The molecule has 6 heterocycles. The molecule has 3 fully saturated rings. The highest BCUT2D eigenvalue weighted by molar-refractivity contribution is 7.68. The lowest BCUT2D eigenvalue weighted by Gasteiger charge is -2.59. The molecule has 2 aromatic carbocycles. The van der Waals surface area contributed by atoms with Crippen LogP contribution >= 0.6 is 16.3 Å². The Hall–Kier alpha value is -4.37. The van der Waals surface area contributed by atoms with Gasteiger partial charge in [0.2, 0.25) is 0 Å². The third kappa shape index (κ3) is 8.04. The highest BCUT2D eigenvalue weighted by Crippen LogP contribution is 2.70. The van der Waals surface area contributed by atoms with Crippen molar-refractivity contribution >= 4 is 56.6 Å². The van der Waals surface area contributed by atoms with Crippen molar-refractivity contribution in [2.75, 3.05) is 35.3 Å². The van der Waals surface area contributed by atoms with E-state index in [0.717, 1.165) is 23.0 Å². The smallest absolute Gasteiger partial charge is 0.388 e.